The third kappa shape index (κ3) is 3.40. The highest BCUT2D eigenvalue weighted by molar-refractivity contribution is 5.99. The highest BCUT2D eigenvalue weighted by atomic mass is 16.6. The zero-order valence-electron chi connectivity index (χ0n) is 15.6. The predicted molar refractivity (Wildman–Crippen MR) is 105 cm³/mol. The fraction of sp³-hybridized carbons (Fsp3) is 0.300. The lowest BCUT2D eigenvalue weighted by atomic mass is 10.1. The Kier molecular flexibility index (Phi) is 4.68. The molecule has 1 aliphatic rings. The van der Waals surface area contributed by atoms with E-state index in [0.29, 0.717) is 25.3 Å². The molecule has 0 spiro atoms. The summed E-state index contributed by atoms with van der Waals surface area (Å²) in [7, 11) is 0. The van der Waals surface area contributed by atoms with Gasteiger partial charge in [0.15, 0.2) is 0 Å². The molecule has 8 heteroatoms. The summed E-state index contributed by atoms with van der Waals surface area (Å²) in [6.07, 6.45) is 3.83. The molecule has 8 nitrogen and oxygen atoms in total. The number of hydrogen-bond donors (Lipinski definition) is 1. The molecule has 1 aromatic carbocycles. The highest BCUT2D eigenvalue weighted by Crippen LogP contribution is 2.26. The number of imidazole rings is 1. The quantitative estimate of drug-likeness (QED) is 0.542. The number of carbonyl (C=O) groups is 1. The maximum atomic E-state index is 12.7. The fourth-order valence-corrected chi connectivity index (χ4v) is 3.54. The summed E-state index contributed by atoms with van der Waals surface area (Å²) < 4.78 is 2.01. The average molecular weight is 379 g/mol. The average Bonchev–Trinajstić information content (AvgIpc) is 3.36. The molecule has 0 bridgehead atoms. The third-order valence-corrected chi connectivity index (χ3v) is 5.04. The Labute approximate surface area is 161 Å². The van der Waals surface area contributed by atoms with E-state index in [1.54, 1.807) is 17.0 Å². The molecule has 144 valence electrons. The zero-order valence-corrected chi connectivity index (χ0v) is 15.6. The van der Waals surface area contributed by atoms with Crippen LogP contribution in [0.1, 0.15) is 34.6 Å². The number of aromatic nitrogens is 2. The molecule has 1 fully saturated rings. The summed E-state index contributed by atoms with van der Waals surface area (Å²) in [5, 5.41) is 14.6. The van der Waals surface area contributed by atoms with Gasteiger partial charge in [-0.25, -0.2) is 4.98 Å². The number of amides is 1. The number of pyridine rings is 1. The molecule has 1 saturated heterocycles. The molecule has 4 rings (SSSR count). The number of hydrogen-bond acceptors (Lipinski definition) is 5. The van der Waals surface area contributed by atoms with E-state index in [-0.39, 0.29) is 17.2 Å². The number of fused-ring (bicyclic) bond motifs is 1. The van der Waals surface area contributed by atoms with E-state index in [1.807, 2.05) is 35.7 Å². The molecule has 2 aromatic heterocycles. The molecule has 0 atom stereocenters. The first-order chi connectivity index (χ1) is 13.5. The Morgan fingerprint density at radius 3 is 2.75 bits per heavy atom. The number of aryl methyl sites for hydroxylation is 1. The fourth-order valence-electron chi connectivity index (χ4n) is 3.54. The van der Waals surface area contributed by atoms with Crippen molar-refractivity contribution in [1.82, 2.24) is 14.3 Å². The van der Waals surface area contributed by atoms with Crippen LogP contribution in [0.5, 0.6) is 0 Å². The van der Waals surface area contributed by atoms with E-state index in [4.69, 9.17) is 0 Å². The largest absolute Gasteiger partial charge is 0.379 e. The predicted octanol–water partition coefficient (Wildman–Crippen LogP) is 3.40. The van der Waals surface area contributed by atoms with Crippen molar-refractivity contribution in [3.63, 3.8) is 0 Å². The summed E-state index contributed by atoms with van der Waals surface area (Å²) in [6.45, 7) is 3.76. The SMILES string of the molecule is Cc1cccc2nc(CNc3ccc([N+](=O)[O-])c(C(=O)N4CCCC4)c3)cn12. The van der Waals surface area contributed by atoms with Crippen LogP contribution in [0.3, 0.4) is 0 Å². The van der Waals surface area contributed by atoms with Crippen LogP contribution in [0.25, 0.3) is 5.65 Å². The molecule has 1 N–H and O–H groups in total. The number of carbonyl (C=O) groups excluding carboxylic acids is 1. The van der Waals surface area contributed by atoms with Crippen molar-refractivity contribution in [1.29, 1.82) is 0 Å². The smallest absolute Gasteiger partial charge is 0.282 e. The zero-order chi connectivity index (χ0) is 19.7. The van der Waals surface area contributed by atoms with Gasteiger partial charge in [-0.3, -0.25) is 14.9 Å². The van der Waals surface area contributed by atoms with E-state index in [2.05, 4.69) is 10.3 Å². The van der Waals surface area contributed by atoms with Crippen LogP contribution in [0.2, 0.25) is 0 Å². The number of benzene rings is 1. The number of rotatable bonds is 5. The first-order valence-electron chi connectivity index (χ1n) is 9.28. The van der Waals surface area contributed by atoms with Crippen LogP contribution in [0, 0.1) is 17.0 Å². The van der Waals surface area contributed by atoms with Crippen molar-refractivity contribution in [2.45, 2.75) is 26.3 Å². The highest BCUT2D eigenvalue weighted by Gasteiger charge is 2.26. The number of anilines is 1. The summed E-state index contributed by atoms with van der Waals surface area (Å²) in [6, 6.07) is 10.5. The number of nitro groups is 1. The molecular weight excluding hydrogens is 358 g/mol. The summed E-state index contributed by atoms with van der Waals surface area (Å²) in [4.78, 5) is 29.8. The lowest BCUT2D eigenvalue weighted by Crippen LogP contribution is -2.28. The van der Waals surface area contributed by atoms with Gasteiger partial charge < -0.3 is 14.6 Å². The van der Waals surface area contributed by atoms with Crippen molar-refractivity contribution in [2.24, 2.45) is 0 Å². The van der Waals surface area contributed by atoms with Crippen LogP contribution < -0.4 is 5.32 Å². The van der Waals surface area contributed by atoms with Gasteiger partial charge in [-0.05, 0) is 44.0 Å². The van der Waals surface area contributed by atoms with Crippen LogP contribution >= 0.6 is 0 Å². The second kappa shape index (κ2) is 7.30. The van der Waals surface area contributed by atoms with Crippen molar-refractivity contribution >= 4 is 22.9 Å². The standard InChI is InChI=1S/C20H21N5O3/c1-14-5-4-6-19-22-16(13-24(14)19)12-21-15-7-8-18(25(27)28)17(11-15)20(26)23-9-2-3-10-23/h4-8,11,13,21H,2-3,9-10,12H2,1H3. The van der Waals surface area contributed by atoms with Gasteiger partial charge in [-0.1, -0.05) is 6.07 Å². The normalized spacial score (nSPS) is 13.8. The minimum Gasteiger partial charge on any atom is -0.379 e. The van der Waals surface area contributed by atoms with Gasteiger partial charge in [0.05, 0.1) is 17.2 Å². The second-order valence-corrected chi connectivity index (χ2v) is 6.97. The molecule has 0 radical (unpaired) electrons. The van der Waals surface area contributed by atoms with Crippen LogP contribution in [-0.2, 0) is 6.54 Å². The lowest BCUT2D eigenvalue weighted by Gasteiger charge is -2.16. The molecule has 0 aliphatic carbocycles. The van der Waals surface area contributed by atoms with Crippen molar-refractivity contribution in [2.75, 3.05) is 18.4 Å². The second-order valence-electron chi connectivity index (χ2n) is 6.97. The maximum absolute atomic E-state index is 12.7. The Hall–Kier alpha value is -3.42. The van der Waals surface area contributed by atoms with E-state index in [0.717, 1.165) is 29.9 Å². The van der Waals surface area contributed by atoms with Crippen LogP contribution in [0.4, 0.5) is 11.4 Å². The van der Waals surface area contributed by atoms with Crippen LogP contribution in [-0.4, -0.2) is 38.2 Å². The molecule has 28 heavy (non-hydrogen) atoms. The molecule has 1 amide bonds. The number of nitrogens with zero attached hydrogens (tertiary/aromatic N) is 4. The van der Waals surface area contributed by atoms with E-state index in [9.17, 15) is 14.9 Å². The molecule has 1 aliphatic heterocycles. The van der Waals surface area contributed by atoms with E-state index >= 15 is 0 Å². The van der Waals surface area contributed by atoms with E-state index in [1.165, 1.54) is 6.07 Å². The molecule has 0 saturated carbocycles. The van der Waals surface area contributed by atoms with Crippen LogP contribution in [0.15, 0.2) is 42.6 Å². The Morgan fingerprint density at radius 2 is 2.04 bits per heavy atom. The van der Waals surface area contributed by atoms with E-state index < -0.39 is 4.92 Å². The first kappa shape index (κ1) is 18.0. The monoisotopic (exact) mass is 379 g/mol. The van der Waals surface area contributed by atoms with Gasteiger partial charge in [-0.15, -0.1) is 0 Å². The molecule has 0 unspecified atom stereocenters. The number of likely N-dealkylation sites (tertiary alicyclic amines) is 1. The van der Waals surface area contributed by atoms with Gasteiger partial charge in [0.25, 0.3) is 11.6 Å². The van der Waals surface area contributed by atoms with Gasteiger partial charge in [0.2, 0.25) is 0 Å². The summed E-state index contributed by atoms with van der Waals surface area (Å²) in [5.74, 6) is -0.281. The van der Waals surface area contributed by atoms with Gasteiger partial charge in [0, 0.05) is 36.7 Å². The lowest BCUT2D eigenvalue weighted by molar-refractivity contribution is -0.385. The van der Waals surface area contributed by atoms with Gasteiger partial charge in [0.1, 0.15) is 11.2 Å². The number of nitrogens with one attached hydrogen (secondary N) is 1. The van der Waals surface area contributed by atoms with Crippen molar-refractivity contribution < 1.29 is 9.72 Å². The van der Waals surface area contributed by atoms with Crippen molar-refractivity contribution in [3.05, 3.63) is 69.7 Å². The Bertz CT molecular complexity index is 1050. The van der Waals surface area contributed by atoms with Gasteiger partial charge in [-0.2, -0.15) is 0 Å². The minimum atomic E-state index is -0.502. The summed E-state index contributed by atoms with van der Waals surface area (Å²) in [5.41, 5.74) is 3.42. The Morgan fingerprint density at radius 1 is 1.25 bits per heavy atom. The van der Waals surface area contributed by atoms with Crippen molar-refractivity contribution in [3.8, 4) is 0 Å². The molecule has 3 heterocycles. The topological polar surface area (TPSA) is 92.8 Å². The third-order valence-electron chi connectivity index (χ3n) is 5.04. The van der Waals surface area contributed by atoms with Gasteiger partial charge >= 0.3 is 0 Å². The maximum Gasteiger partial charge on any atom is 0.282 e. The first-order valence-corrected chi connectivity index (χ1v) is 9.28. The number of nitro benzene ring substituents is 1. The summed E-state index contributed by atoms with van der Waals surface area (Å²) >= 11 is 0. The molecule has 3 aromatic rings. The Balaban J connectivity index is 1.57. The minimum absolute atomic E-state index is 0.128. The molecular formula is C20H21N5O3.